The normalized spacial score (nSPS) is 20.2. The van der Waals surface area contributed by atoms with Gasteiger partial charge in [-0.2, -0.15) is 5.10 Å². The average Bonchev–Trinajstić information content (AvgIpc) is 3.15. The molecule has 0 aliphatic carbocycles. The van der Waals surface area contributed by atoms with Crippen LogP contribution in [0.4, 0.5) is 5.69 Å². The van der Waals surface area contributed by atoms with E-state index in [1.165, 1.54) is 0 Å². The minimum atomic E-state index is -0.0251. The summed E-state index contributed by atoms with van der Waals surface area (Å²) in [6.07, 6.45) is 3.36. The highest BCUT2D eigenvalue weighted by Gasteiger charge is 2.35. The highest BCUT2D eigenvalue weighted by atomic mass is 35.5. The molecular formula is C16H15Cl2N3O2S. The van der Waals surface area contributed by atoms with Gasteiger partial charge in [0, 0.05) is 37.4 Å². The Morgan fingerprint density at radius 2 is 2.17 bits per heavy atom. The molecule has 0 amide bonds. The van der Waals surface area contributed by atoms with E-state index in [2.05, 4.69) is 5.10 Å². The number of hydrogen-bond acceptors (Lipinski definition) is 4. The number of phenols is 1. The zero-order chi connectivity index (χ0) is 16.8. The van der Waals surface area contributed by atoms with Gasteiger partial charge in [-0.25, -0.2) is 4.68 Å². The number of aromatic nitrogens is 2. The second-order valence-electron chi connectivity index (χ2n) is 5.96. The summed E-state index contributed by atoms with van der Waals surface area (Å²) in [5, 5.41) is 15.4. The Kier molecular flexibility index (Phi) is 4.06. The minimum absolute atomic E-state index is 0.0251. The molecule has 0 radical (unpaired) electrons. The van der Waals surface area contributed by atoms with Crippen molar-refractivity contribution in [3.8, 4) is 11.6 Å². The van der Waals surface area contributed by atoms with Crippen LogP contribution in [0.5, 0.6) is 11.6 Å². The molecule has 1 fully saturated rings. The van der Waals surface area contributed by atoms with Crippen molar-refractivity contribution >= 4 is 46.1 Å². The van der Waals surface area contributed by atoms with E-state index in [0.29, 0.717) is 35.2 Å². The van der Waals surface area contributed by atoms with Crippen LogP contribution in [0.2, 0.25) is 10.0 Å². The molecule has 1 aromatic carbocycles. The Bertz CT molecular complexity index is 824. The quantitative estimate of drug-likeness (QED) is 0.794. The molecule has 1 atom stereocenters. The molecular weight excluding hydrogens is 369 g/mol. The van der Waals surface area contributed by atoms with Crippen LogP contribution in [-0.4, -0.2) is 33.0 Å². The van der Waals surface area contributed by atoms with Crippen LogP contribution in [0, 0.1) is 0 Å². The van der Waals surface area contributed by atoms with Gasteiger partial charge in [-0.1, -0.05) is 35.4 Å². The van der Waals surface area contributed by atoms with Gasteiger partial charge >= 0.3 is 0 Å². The number of halogens is 2. The molecule has 3 heterocycles. The third-order valence-electron chi connectivity index (χ3n) is 4.46. The van der Waals surface area contributed by atoms with Gasteiger partial charge in [-0.05, 0) is 12.1 Å². The predicted molar refractivity (Wildman–Crippen MR) is 97.8 cm³/mol. The van der Waals surface area contributed by atoms with Crippen molar-refractivity contribution in [3.63, 3.8) is 0 Å². The summed E-state index contributed by atoms with van der Waals surface area (Å²) in [5.74, 6) is 0.876. The lowest BCUT2D eigenvalue weighted by Gasteiger charge is -2.22. The monoisotopic (exact) mass is 383 g/mol. The summed E-state index contributed by atoms with van der Waals surface area (Å²) >= 11 is 18.0. The van der Waals surface area contributed by atoms with Crippen LogP contribution in [0.3, 0.4) is 0 Å². The molecule has 5 nitrogen and oxygen atoms in total. The molecule has 4 rings (SSSR count). The molecule has 24 heavy (non-hydrogen) atoms. The van der Waals surface area contributed by atoms with Gasteiger partial charge in [0.15, 0.2) is 0 Å². The van der Waals surface area contributed by atoms with E-state index in [9.17, 15) is 5.11 Å². The van der Waals surface area contributed by atoms with Gasteiger partial charge in [0.25, 0.3) is 0 Å². The van der Waals surface area contributed by atoms with E-state index >= 15 is 0 Å². The lowest BCUT2D eigenvalue weighted by molar-refractivity contribution is 0.231. The first-order chi connectivity index (χ1) is 11.6. The first-order valence-electron chi connectivity index (χ1n) is 7.72. The second-order valence-corrected chi connectivity index (χ2v) is 7.22. The second kappa shape index (κ2) is 6.10. The molecule has 0 spiro atoms. The van der Waals surface area contributed by atoms with E-state index in [1.54, 1.807) is 18.3 Å². The van der Waals surface area contributed by atoms with E-state index in [1.807, 2.05) is 9.58 Å². The number of hydrogen-bond donors (Lipinski definition) is 1. The van der Waals surface area contributed by atoms with E-state index in [-0.39, 0.29) is 11.7 Å². The van der Waals surface area contributed by atoms with Crippen molar-refractivity contribution in [1.29, 1.82) is 0 Å². The SMILES string of the molecule is Oc1ccc(Cl)c(Cl)c1[C@H]1CC(=S)N(c2cnn3c2OCCC3)C1. The highest BCUT2D eigenvalue weighted by molar-refractivity contribution is 7.80. The third-order valence-corrected chi connectivity index (χ3v) is 5.67. The lowest BCUT2D eigenvalue weighted by Crippen LogP contribution is -2.24. The third kappa shape index (κ3) is 2.53. The number of benzene rings is 1. The summed E-state index contributed by atoms with van der Waals surface area (Å²) in [4.78, 5) is 2.79. The van der Waals surface area contributed by atoms with Crippen molar-refractivity contribution in [3.05, 3.63) is 33.9 Å². The zero-order valence-electron chi connectivity index (χ0n) is 12.7. The molecule has 2 aliphatic rings. The van der Waals surface area contributed by atoms with Gasteiger partial charge < -0.3 is 14.7 Å². The summed E-state index contributed by atoms with van der Waals surface area (Å²) in [6, 6.07) is 3.16. The fraction of sp³-hybridized carbons (Fsp3) is 0.375. The van der Waals surface area contributed by atoms with E-state index in [0.717, 1.165) is 29.5 Å². The predicted octanol–water partition coefficient (Wildman–Crippen LogP) is 4.00. The van der Waals surface area contributed by atoms with Gasteiger partial charge in [0.05, 0.1) is 27.8 Å². The first-order valence-corrected chi connectivity index (χ1v) is 8.88. The molecule has 1 saturated heterocycles. The molecule has 126 valence electrons. The van der Waals surface area contributed by atoms with Crippen LogP contribution in [0.1, 0.15) is 24.3 Å². The van der Waals surface area contributed by atoms with Crippen LogP contribution in [0.15, 0.2) is 18.3 Å². The summed E-state index contributed by atoms with van der Waals surface area (Å²) in [7, 11) is 0. The standard InChI is InChI=1S/C16H15Cl2N3O2S/c17-10-2-3-12(22)14(15(10)18)9-6-13(24)20(8-9)11-7-19-21-4-1-5-23-16(11)21/h2-3,7,9,22H,1,4-6,8H2/t9-/m0/s1. The van der Waals surface area contributed by atoms with Crippen LogP contribution >= 0.6 is 35.4 Å². The van der Waals surface area contributed by atoms with Gasteiger partial charge in [-0.15, -0.1) is 0 Å². The molecule has 8 heteroatoms. The average molecular weight is 384 g/mol. The largest absolute Gasteiger partial charge is 0.508 e. The number of ether oxygens (including phenoxy) is 1. The van der Waals surface area contributed by atoms with Crippen molar-refractivity contribution in [2.45, 2.75) is 25.3 Å². The Morgan fingerprint density at radius 3 is 3.00 bits per heavy atom. The number of thiocarbonyl (C=S) groups is 1. The molecule has 0 bridgehead atoms. The fourth-order valence-electron chi connectivity index (χ4n) is 3.32. The maximum Gasteiger partial charge on any atom is 0.236 e. The number of anilines is 1. The number of aromatic hydroxyl groups is 1. The van der Waals surface area contributed by atoms with Crippen molar-refractivity contribution in [2.24, 2.45) is 0 Å². The summed E-state index contributed by atoms with van der Waals surface area (Å²) in [6.45, 7) is 2.14. The summed E-state index contributed by atoms with van der Waals surface area (Å²) in [5.41, 5.74) is 1.52. The Balaban J connectivity index is 1.67. The Morgan fingerprint density at radius 1 is 1.33 bits per heavy atom. The maximum atomic E-state index is 10.2. The highest BCUT2D eigenvalue weighted by Crippen LogP contribution is 2.44. The number of phenolic OH excluding ortho intramolecular Hbond substituents is 1. The number of fused-ring (bicyclic) bond motifs is 1. The number of aryl methyl sites for hydroxylation is 1. The Labute approximate surface area is 154 Å². The molecule has 1 N–H and O–H groups in total. The molecule has 0 unspecified atom stereocenters. The topological polar surface area (TPSA) is 50.5 Å². The van der Waals surface area contributed by atoms with Gasteiger partial charge in [0.2, 0.25) is 5.88 Å². The number of rotatable bonds is 2. The van der Waals surface area contributed by atoms with Gasteiger partial charge in [-0.3, -0.25) is 0 Å². The molecule has 0 saturated carbocycles. The van der Waals surface area contributed by atoms with Crippen molar-refractivity contribution in [1.82, 2.24) is 9.78 Å². The van der Waals surface area contributed by atoms with Crippen LogP contribution in [0.25, 0.3) is 0 Å². The zero-order valence-corrected chi connectivity index (χ0v) is 15.0. The lowest BCUT2D eigenvalue weighted by atomic mass is 9.97. The molecule has 1 aromatic heterocycles. The molecule has 2 aromatic rings. The van der Waals surface area contributed by atoms with Gasteiger partial charge in [0.1, 0.15) is 11.4 Å². The van der Waals surface area contributed by atoms with Crippen LogP contribution in [-0.2, 0) is 6.54 Å². The van der Waals surface area contributed by atoms with Crippen molar-refractivity contribution < 1.29 is 9.84 Å². The Hall–Kier alpha value is -1.50. The van der Waals surface area contributed by atoms with Crippen LogP contribution < -0.4 is 9.64 Å². The first kappa shape index (κ1) is 16.0. The smallest absolute Gasteiger partial charge is 0.236 e. The summed E-state index contributed by atoms with van der Waals surface area (Å²) < 4.78 is 7.63. The minimum Gasteiger partial charge on any atom is -0.508 e. The van der Waals surface area contributed by atoms with Crippen molar-refractivity contribution in [2.75, 3.05) is 18.1 Å². The van der Waals surface area contributed by atoms with E-state index < -0.39 is 0 Å². The van der Waals surface area contributed by atoms with E-state index in [4.69, 9.17) is 40.2 Å². The number of nitrogens with zero attached hydrogens (tertiary/aromatic N) is 3. The fourth-order valence-corrected chi connectivity index (χ4v) is 4.17. The molecule has 2 aliphatic heterocycles. The maximum absolute atomic E-state index is 10.2.